The van der Waals surface area contributed by atoms with Crippen LogP contribution in [-0.4, -0.2) is 37.4 Å². The number of carbonyl (C=O) groups excluding carboxylic acids is 1. The number of amides is 1. The lowest BCUT2D eigenvalue weighted by Crippen LogP contribution is -2.11. The topological polar surface area (TPSA) is 95.7 Å². The van der Waals surface area contributed by atoms with Crippen LogP contribution < -0.4 is 19.5 Å². The van der Waals surface area contributed by atoms with E-state index in [9.17, 15) is 4.79 Å². The van der Waals surface area contributed by atoms with Crippen molar-refractivity contribution in [1.82, 2.24) is 10.1 Å². The number of aromatic nitrogens is 2. The summed E-state index contributed by atoms with van der Waals surface area (Å²) >= 11 is 0. The molecule has 1 amide bonds. The van der Waals surface area contributed by atoms with Gasteiger partial charge in [-0.25, -0.2) is 0 Å². The normalized spacial score (nSPS) is 10.5. The summed E-state index contributed by atoms with van der Waals surface area (Å²) in [6, 6.07) is 11.2. The van der Waals surface area contributed by atoms with Crippen LogP contribution in [0.25, 0.3) is 11.4 Å². The number of methoxy groups -OCH3 is 3. The molecule has 0 fully saturated rings. The second-order valence-corrected chi connectivity index (χ2v) is 6.70. The summed E-state index contributed by atoms with van der Waals surface area (Å²) in [6.45, 7) is 1.98. The van der Waals surface area contributed by atoms with Gasteiger partial charge >= 0.3 is 0 Å². The molecule has 158 valence electrons. The second-order valence-electron chi connectivity index (χ2n) is 6.70. The molecule has 8 heteroatoms. The van der Waals surface area contributed by atoms with Crippen molar-refractivity contribution in [2.24, 2.45) is 0 Å². The maximum absolute atomic E-state index is 12.1. The van der Waals surface area contributed by atoms with Crippen LogP contribution in [-0.2, 0) is 11.2 Å². The number of anilines is 1. The van der Waals surface area contributed by atoms with E-state index in [1.165, 1.54) is 0 Å². The van der Waals surface area contributed by atoms with E-state index in [0.717, 1.165) is 11.3 Å². The molecule has 0 aliphatic heterocycles. The molecule has 0 saturated carbocycles. The number of rotatable bonds is 9. The van der Waals surface area contributed by atoms with Crippen LogP contribution in [0.2, 0.25) is 0 Å². The lowest BCUT2D eigenvalue weighted by molar-refractivity contribution is -0.116. The molecular weight excluding hydrogens is 386 g/mol. The Bertz CT molecular complexity index is 991. The molecule has 0 unspecified atom stereocenters. The molecule has 0 atom stereocenters. The van der Waals surface area contributed by atoms with Gasteiger partial charge in [-0.3, -0.25) is 4.79 Å². The highest BCUT2D eigenvalue weighted by molar-refractivity contribution is 5.90. The van der Waals surface area contributed by atoms with Crippen molar-refractivity contribution in [3.05, 3.63) is 47.9 Å². The standard InChI is InChI=1S/C22H25N3O5/c1-14-7-5-8-16(11-14)23-19(26)9-6-10-20-24-22(25-30-20)15-12-17(27-2)21(29-4)18(13-15)28-3/h5,7-8,11-13H,6,9-10H2,1-4H3,(H,23,26). The molecule has 0 aliphatic rings. The zero-order valence-electron chi connectivity index (χ0n) is 17.5. The Labute approximate surface area is 175 Å². The fourth-order valence-corrected chi connectivity index (χ4v) is 3.03. The van der Waals surface area contributed by atoms with Gasteiger partial charge in [-0.2, -0.15) is 4.98 Å². The van der Waals surface area contributed by atoms with Crippen LogP contribution in [0.5, 0.6) is 17.2 Å². The number of hydrogen-bond acceptors (Lipinski definition) is 7. The maximum atomic E-state index is 12.1. The van der Waals surface area contributed by atoms with E-state index in [1.54, 1.807) is 33.5 Å². The van der Waals surface area contributed by atoms with E-state index in [2.05, 4.69) is 15.5 Å². The number of benzene rings is 2. The van der Waals surface area contributed by atoms with Gasteiger partial charge in [0.2, 0.25) is 23.4 Å². The fourth-order valence-electron chi connectivity index (χ4n) is 3.03. The van der Waals surface area contributed by atoms with Gasteiger partial charge in [-0.15, -0.1) is 0 Å². The quantitative estimate of drug-likeness (QED) is 0.568. The van der Waals surface area contributed by atoms with Crippen molar-refractivity contribution in [3.8, 4) is 28.6 Å². The minimum absolute atomic E-state index is 0.0510. The third-order valence-corrected chi connectivity index (χ3v) is 4.49. The zero-order chi connectivity index (χ0) is 21.5. The first-order valence-corrected chi connectivity index (χ1v) is 9.53. The Kier molecular flexibility index (Phi) is 6.90. The first-order chi connectivity index (χ1) is 14.5. The molecule has 2 aromatic carbocycles. The van der Waals surface area contributed by atoms with E-state index in [1.807, 2.05) is 31.2 Å². The molecule has 0 saturated heterocycles. The number of aryl methyl sites for hydroxylation is 2. The summed E-state index contributed by atoms with van der Waals surface area (Å²) in [5, 5.41) is 6.92. The van der Waals surface area contributed by atoms with Crippen LogP contribution in [0.1, 0.15) is 24.3 Å². The van der Waals surface area contributed by atoms with Gasteiger partial charge in [0.1, 0.15) is 0 Å². The molecule has 3 aromatic rings. The highest BCUT2D eigenvalue weighted by Crippen LogP contribution is 2.40. The third-order valence-electron chi connectivity index (χ3n) is 4.49. The summed E-state index contributed by atoms with van der Waals surface area (Å²) in [5.74, 6) is 2.32. The minimum atomic E-state index is -0.0510. The molecule has 8 nitrogen and oxygen atoms in total. The lowest BCUT2D eigenvalue weighted by Gasteiger charge is -2.12. The smallest absolute Gasteiger partial charge is 0.226 e. The molecule has 0 bridgehead atoms. The summed E-state index contributed by atoms with van der Waals surface area (Å²) in [4.78, 5) is 16.5. The van der Waals surface area contributed by atoms with Gasteiger partial charge in [0.15, 0.2) is 11.5 Å². The van der Waals surface area contributed by atoms with Crippen LogP contribution >= 0.6 is 0 Å². The number of hydrogen-bond donors (Lipinski definition) is 1. The number of nitrogens with zero attached hydrogens (tertiary/aromatic N) is 2. The monoisotopic (exact) mass is 411 g/mol. The first kappa shape index (κ1) is 21.2. The highest BCUT2D eigenvalue weighted by atomic mass is 16.5. The number of ether oxygens (including phenoxy) is 3. The Morgan fingerprint density at radius 3 is 2.43 bits per heavy atom. The predicted octanol–water partition coefficient (Wildman–Crippen LogP) is 4.03. The predicted molar refractivity (Wildman–Crippen MR) is 112 cm³/mol. The maximum Gasteiger partial charge on any atom is 0.226 e. The van der Waals surface area contributed by atoms with E-state index in [4.69, 9.17) is 18.7 Å². The highest BCUT2D eigenvalue weighted by Gasteiger charge is 2.17. The van der Waals surface area contributed by atoms with Crippen LogP contribution in [0.15, 0.2) is 40.9 Å². The SMILES string of the molecule is COc1cc(-c2noc(CCCC(=O)Nc3cccc(C)c3)n2)cc(OC)c1OC. The van der Waals surface area contributed by atoms with Crippen molar-refractivity contribution in [2.45, 2.75) is 26.2 Å². The molecule has 1 N–H and O–H groups in total. The van der Waals surface area contributed by atoms with Crippen molar-refractivity contribution in [1.29, 1.82) is 0 Å². The summed E-state index contributed by atoms with van der Waals surface area (Å²) < 4.78 is 21.4. The molecule has 30 heavy (non-hydrogen) atoms. The van der Waals surface area contributed by atoms with Gasteiger partial charge in [0, 0.05) is 24.1 Å². The Morgan fingerprint density at radius 2 is 1.80 bits per heavy atom. The van der Waals surface area contributed by atoms with Crippen LogP contribution in [0.3, 0.4) is 0 Å². The summed E-state index contributed by atoms with van der Waals surface area (Å²) in [6.07, 6.45) is 1.45. The molecule has 1 aromatic heterocycles. The van der Waals surface area contributed by atoms with Crippen LogP contribution in [0, 0.1) is 6.92 Å². The van der Waals surface area contributed by atoms with E-state index in [-0.39, 0.29) is 5.91 Å². The molecular formula is C22H25N3O5. The van der Waals surface area contributed by atoms with Crippen molar-refractivity contribution >= 4 is 11.6 Å². The summed E-state index contributed by atoms with van der Waals surface area (Å²) in [5.41, 5.74) is 2.57. The zero-order valence-corrected chi connectivity index (χ0v) is 17.5. The molecule has 0 aliphatic carbocycles. The van der Waals surface area contributed by atoms with Crippen molar-refractivity contribution in [3.63, 3.8) is 0 Å². The molecule has 1 heterocycles. The van der Waals surface area contributed by atoms with Crippen molar-refractivity contribution in [2.75, 3.05) is 26.6 Å². The average Bonchev–Trinajstić information content (AvgIpc) is 3.21. The van der Waals surface area contributed by atoms with Gasteiger partial charge in [0.25, 0.3) is 0 Å². The Morgan fingerprint density at radius 1 is 1.07 bits per heavy atom. The fraction of sp³-hybridized carbons (Fsp3) is 0.318. The first-order valence-electron chi connectivity index (χ1n) is 9.53. The van der Waals surface area contributed by atoms with Crippen molar-refractivity contribution < 1.29 is 23.5 Å². The lowest BCUT2D eigenvalue weighted by atomic mass is 10.1. The van der Waals surface area contributed by atoms with E-state index < -0.39 is 0 Å². The van der Waals surface area contributed by atoms with Gasteiger partial charge in [-0.05, 0) is 43.2 Å². The third kappa shape index (κ3) is 5.08. The van der Waals surface area contributed by atoms with E-state index in [0.29, 0.717) is 53.8 Å². The minimum Gasteiger partial charge on any atom is -0.493 e. The Balaban J connectivity index is 1.61. The van der Waals surface area contributed by atoms with Gasteiger partial charge in [-0.1, -0.05) is 17.3 Å². The van der Waals surface area contributed by atoms with E-state index >= 15 is 0 Å². The Hall–Kier alpha value is -3.55. The number of carbonyl (C=O) groups is 1. The largest absolute Gasteiger partial charge is 0.493 e. The number of nitrogens with one attached hydrogen (secondary N) is 1. The average molecular weight is 411 g/mol. The molecule has 3 rings (SSSR count). The molecule has 0 spiro atoms. The van der Waals surface area contributed by atoms with Gasteiger partial charge < -0.3 is 24.1 Å². The summed E-state index contributed by atoms with van der Waals surface area (Å²) in [7, 11) is 4.64. The molecule has 0 radical (unpaired) electrons. The van der Waals surface area contributed by atoms with Gasteiger partial charge in [0.05, 0.1) is 21.3 Å². The second kappa shape index (κ2) is 9.78. The van der Waals surface area contributed by atoms with Crippen LogP contribution in [0.4, 0.5) is 5.69 Å².